The highest BCUT2D eigenvalue weighted by atomic mass is 16.2. The smallest absolute Gasteiger partial charge is 0.236 e. The van der Waals surface area contributed by atoms with Gasteiger partial charge in [0.15, 0.2) is 0 Å². The Bertz CT molecular complexity index is 232. The van der Waals surface area contributed by atoms with Crippen molar-refractivity contribution in [3.05, 3.63) is 0 Å². The molecule has 0 aromatic heterocycles. The van der Waals surface area contributed by atoms with Gasteiger partial charge in [-0.2, -0.15) is 0 Å². The van der Waals surface area contributed by atoms with E-state index in [4.69, 9.17) is 5.73 Å². The van der Waals surface area contributed by atoms with E-state index in [1.54, 1.807) is 0 Å². The summed E-state index contributed by atoms with van der Waals surface area (Å²) in [6.45, 7) is 7.32. The Morgan fingerprint density at radius 1 is 1.29 bits per heavy atom. The first-order chi connectivity index (χ1) is 7.99. The van der Waals surface area contributed by atoms with Crippen LogP contribution >= 0.6 is 0 Å². The predicted molar refractivity (Wildman–Crippen MR) is 71.6 cm³/mol. The van der Waals surface area contributed by atoms with Crippen molar-refractivity contribution < 1.29 is 4.79 Å². The molecule has 0 spiro atoms. The maximum absolute atomic E-state index is 11.7. The van der Waals surface area contributed by atoms with Crippen molar-refractivity contribution in [3.8, 4) is 0 Å². The largest absolute Gasteiger partial charge is 0.354 e. The minimum atomic E-state index is -0.336. The molecule has 0 bridgehead atoms. The van der Waals surface area contributed by atoms with E-state index in [-0.39, 0.29) is 11.9 Å². The molecule has 1 saturated carbocycles. The first-order valence-electron chi connectivity index (χ1n) is 7.02. The average molecular weight is 240 g/mol. The highest BCUT2D eigenvalue weighted by molar-refractivity contribution is 5.81. The quantitative estimate of drug-likeness (QED) is 0.774. The Balaban J connectivity index is 2.19. The number of nitrogens with two attached hydrogens (primary N) is 1. The first-order valence-corrected chi connectivity index (χ1v) is 7.02. The molecule has 1 amide bonds. The summed E-state index contributed by atoms with van der Waals surface area (Å²) in [6.07, 6.45) is 5.88. The fourth-order valence-electron chi connectivity index (χ4n) is 2.52. The van der Waals surface area contributed by atoms with Gasteiger partial charge in [-0.25, -0.2) is 0 Å². The molecule has 0 aromatic rings. The van der Waals surface area contributed by atoms with Gasteiger partial charge in [-0.15, -0.1) is 0 Å². The highest BCUT2D eigenvalue weighted by Gasteiger charge is 2.20. The number of hydrogen-bond acceptors (Lipinski definition) is 2. The average Bonchev–Trinajstić information content (AvgIpc) is 2.27. The molecule has 1 rings (SSSR count). The van der Waals surface area contributed by atoms with Crippen LogP contribution in [0.1, 0.15) is 52.9 Å². The van der Waals surface area contributed by atoms with Gasteiger partial charge < -0.3 is 11.1 Å². The lowest BCUT2D eigenvalue weighted by Crippen LogP contribution is -2.43. The van der Waals surface area contributed by atoms with Crippen molar-refractivity contribution in [1.29, 1.82) is 0 Å². The van der Waals surface area contributed by atoms with Crippen molar-refractivity contribution in [3.63, 3.8) is 0 Å². The minimum Gasteiger partial charge on any atom is -0.354 e. The van der Waals surface area contributed by atoms with E-state index in [0.717, 1.165) is 18.9 Å². The molecule has 0 aromatic carbocycles. The summed E-state index contributed by atoms with van der Waals surface area (Å²) in [6, 6.07) is -0.336. The number of carbonyl (C=O) groups is 1. The number of carbonyl (C=O) groups excluding carboxylic acids is 1. The van der Waals surface area contributed by atoms with E-state index in [0.29, 0.717) is 11.8 Å². The molecule has 100 valence electrons. The van der Waals surface area contributed by atoms with Crippen LogP contribution in [0.15, 0.2) is 0 Å². The summed E-state index contributed by atoms with van der Waals surface area (Å²) in [4.78, 5) is 11.7. The molecular weight excluding hydrogens is 212 g/mol. The third-order valence-corrected chi connectivity index (χ3v) is 3.76. The van der Waals surface area contributed by atoms with Crippen LogP contribution in [0.3, 0.4) is 0 Å². The van der Waals surface area contributed by atoms with Crippen LogP contribution < -0.4 is 11.1 Å². The van der Waals surface area contributed by atoms with Gasteiger partial charge in [0.25, 0.3) is 0 Å². The van der Waals surface area contributed by atoms with Crippen LogP contribution in [-0.2, 0) is 4.79 Å². The van der Waals surface area contributed by atoms with Gasteiger partial charge in [-0.1, -0.05) is 33.6 Å². The molecule has 0 unspecified atom stereocenters. The Hall–Kier alpha value is -0.570. The number of hydrogen-bond donors (Lipinski definition) is 2. The van der Waals surface area contributed by atoms with E-state index in [9.17, 15) is 4.79 Å². The molecule has 3 N–H and O–H groups in total. The first kappa shape index (κ1) is 14.5. The van der Waals surface area contributed by atoms with Crippen molar-refractivity contribution in [1.82, 2.24) is 5.32 Å². The van der Waals surface area contributed by atoms with Crippen molar-refractivity contribution in [2.24, 2.45) is 23.5 Å². The summed E-state index contributed by atoms with van der Waals surface area (Å²) in [5.74, 6) is 2.04. The van der Waals surface area contributed by atoms with Crippen LogP contribution in [0.4, 0.5) is 0 Å². The maximum atomic E-state index is 11.7. The lowest BCUT2D eigenvalue weighted by Gasteiger charge is -2.26. The molecule has 1 fully saturated rings. The van der Waals surface area contributed by atoms with Crippen molar-refractivity contribution in [2.75, 3.05) is 6.54 Å². The van der Waals surface area contributed by atoms with Crippen LogP contribution in [-0.4, -0.2) is 18.5 Å². The second-order valence-corrected chi connectivity index (χ2v) is 6.11. The Kier molecular flexibility index (Phi) is 5.96. The van der Waals surface area contributed by atoms with Gasteiger partial charge in [-0.05, 0) is 37.0 Å². The summed E-state index contributed by atoms with van der Waals surface area (Å²) in [5.41, 5.74) is 5.84. The van der Waals surface area contributed by atoms with Crippen molar-refractivity contribution >= 4 is 5.91 Å². The zero-order valence-corrected chi connectivity index (χ0v) is 11.5. The van der Waals surface area contributed by atoms with E-state index >= 15 is 0 Å². The minimum absolute atomic E-state index is 0.0253. The molecule has 0 radical (unpaired) electrons. The second kappa shape index (κ2) is 7.00. The van der Waals surface area contributed by atoms with Gasteiger partial charge in [0.05, 0.1) is 6.04 Å². The van der Waals surface area contributed by atoms with E-state index in [1.165, 1.54) is 25.7 Å². The molecular formula is C14H28N2O. The monoisotopic (exact) mass is 240 g/mol. The number of amides is 1. The summed E-state index contributed by atoms with van der Waals surface area (Å²) < 4.78 is 0. The maximum Gasteiger partial charge on any atom is 0.236 e. The molecule has 0 saturated heterocycles. The molecule has 1 aliphatic carbocycles. The zero-order valence-electron chi connectivity index (χ0n) is 11.5. The molecule has 0 heterocycles. The Labute approximate surface area is 106 Å². The van der Waals surface area contributed by atoms with Gasteiger partial charge in [0, 0.05) is 6.54 Å². The topological polar surface area (TPSA) is 55.1 Å². The van der Waals surface area contributed by atoms with E-state index in [2.05, 4.69) is 26.1 Å². The standard InChI is InChI=1S/C14H28N2O/c1-10(2)8-13(15)14(17)16-9-12-6-4-11(3)5-7-12/h10-13H,4-9,15H2,1-3H3,(H,16,17)/t11?,12?,13-/m0/s1. The Morgan fingerprint density at radius 2 is 1.88 bits per heavy atom. The number of nitrogens with one attached hydrogen (secondary N) is 1. The highest BCUT2D eigenvalue weighted by Crippen LogP contribution is 2.27. The normalized spacial score (nSPS) is 26.9. The fourth-order valence-corrected chi connectivity index (χ4v) is 2.52. The molecule has 3 heteroatoms. The summed E-state index contributed by atoms with van der Waals surface area (Å²) >= 11 is 0. The third-order valence-electron chi connectivity index (χ3n) is 3.76. The SMILES string of the molecule is CC(C)C[C@H](N)C(=O)NCC1CCC(C)CC1. The predicted octanol–water partition coefficient (Wildman–Crippen LogP) is 2.30. The lowest BCUT2D eigenvalue weighted by atomic mass is 9.83. The van der Waals surface area contributed by atoms with Crippen molar-refractivity contribution in [2.45, 2.75) is 58.9 Å². The Morgan fingerprint density at radius 3 is 2.41 bits per heavy atom. The summed E-state index contributed by atoms with van der Waals surface area (Å²) in [5, 5.41) is 3.01. The zero-order chi connectivity index (χ0) is 12.8. The van der Waals surface area contributed by atoms with E-state index < -0.39 is 0 Å². The van der Waals surface area contributed by atoms with Crippen LogP contribution in [0.25, 0.3) is 0 Å². The second-order valence-electron chi connectivity index (χ2n) is 6.11. The lowest BCUT2D eigenvalue weighted by molar-refractivity contribution is -0.122. The van der Waals surface area contributed by atoms with Gasteiger partial charge >= 0.3 is 0 Å². The molecule has 3 nitrogen and oxygen atoms in total. The van der Waals surface area contributed by atoms with Crippen LogP contribution in [0.5, 0.6) is 0 Å². The van der Waals surface area contributed by atoms with E-state index in [1.807, 2.05) is 0 Å². The molecule has 1 atom stereocenters. The summed E-state index contributed by atoms with van der Waals surface area (Å²) in [7, 11) is 0. The number of rotatable bonds is 5. The molecule has 17 heavy (non-hydrogen) atoms. The fraction of sp³-hybridized carbons (Fsp3) is 0.929. The van der Waals surface area contributed by atoms with Crippen LogP contribution in [0, 0.1) is 17.8 Å². The third kappa shape index (κ3) is 5.53. The molecule has 1 aliphatic rings. The van der Waals surface area contributed by atoms with Crippen LogP contribution in [0.2, 0.25) is 0 Å². The van der Waals surface area contributed by atoms with Gasteiger partial charge in [-0.3, -0.25) is 4.79 Å². The van der Waals surface area contributed by atoms with Gasteiger partial charge in [0.2, 0.25) is 5.91 Å². The molecule has 0 aliphatic heterocycles. The van der Waals surface area contributed by atoms with Gasteiger partial charge in [0.1, 0.15) is 0 Å².